The third-order valence-corrected chi connectivity index (χ3v) is 4.36. The van der Waals surface area contributed by atoms with E-state index in [1.165, 1.54) is 25.7 Å². The molecule has 3 N–H and O–H groups in total. The van der Waals surface area contributed by atoms with Crippen molar-refractivity contribution in [3.8, 4) is 0 Å². The van der Waals surface area contributed by atoms with E-state index in [-0.39, 0.29) is 0 Å². The number of nitrogens with two attached hydrogens (primary N) is 1. The zero-order valence-electron chi connectivity index (χ0n) is 9.37. The smallest absolute Gasteiger partial charge is 0.0237 e. The molecule has 14 heavy (non-hydrogen) atoms. The molecule has 0 saturated carbocycles. The van der Waals surface area contributed by atoms with Crippen LogP contribution in [0.5, 0.6) is 0 Å². The van der Waals surface area contributed by atoms with Gasteiger partial charge in [-0.05, 0) is 45.1 Å². The number of fused-ring (bicyclic) bond motifs is 2. The van der Waals surface area contributed by atoms with Crippen molar-refractivity contribution in [2.75, 3.05) is 7.05 Å². The van der Waals surface area contributed by atoms with Crippen LogP contribution in [-0.2, 0) is 0 Å². The van der Waals surface area contributed by atoms with Gasteiger partial charge in [-0.1, -0.05) is 6.92 Å². The Morgan fingerprint density at radius 2 is 1.93 bits per heavy atom. The lowest BCUT2D eigenvalue weighted by molar-refractivity contribution is 0.111. The molecule has 2 heterocycles. The Bertz CT molecular complexity index is 177. The number of nitrogens with zero attached hydrogens (tertiary/aromatic N) is 1. The number of nitrogens with one attached hydrogen (secondary N) is 1. The molecular formula is C11H23N3. The minimum atomic E-state index is 0.534. The molecule has 3 heteroatoms. The van der Waals surface area contributed by atoms with Gasteiger partial charge in [0.25, 0.3) is 0 Å². The van der Waals surface area contributed by atoms with Crippen LogP contribution >= 0.6 is 0 Å². The molecule has 3 unspecified atom stereocenters. The Balaban J connectivity index is 1.98. The normalized spacial score (nSPS) is 40.1. The van der Waals surface area contributed by atoms with Crippen molar-refractivity contribution in [3.05, 3.63) is 0 Å². The topological polar surface area (TPSA) is 41.3 Å². The quantitative estimate of drug-likeness (QED) is 0.526. The summed E-state index contributed by atoms with van der Waals surface area (Å²) in [5.41, 5.74) is 2.99. The molecule has 3 atom stereocenters. The largest absolute Gasteiger partial charge is 0.300 e. The molecule has 0 aliphatic carbocycles. The molecule has 0 aromatic heterocycles. The first-order valence-electron chi connectivity index (χ1n) is 5.94. The summed E-state index contributed by atoms with van der Waals surface area (Å²) in [6.45, 7) is 2.23. The van der Waals surface area contributed by atoms with E-state index < -0.39 is 0 Å². The monoisotopic (exact) mass is 197 g/mol. The van der Waals surface area contributed by atoms with E-state index in [0.717, 1.165) is 24.4 Å². The number of hydrogen-bond donors (Lipinski definition) is 2. The van der Waals surface area contributed by atoms with E-state index in [1.807, 2.05) is 0 Å². The summed E-state index contributed by atoms with van der Waals surface area (Å²) in [4.78, 5) is 2.58. The maximum absolute atomic E-state index is 5.60. The van der Waals surface area contributed by atoms with Gasteiger partial charge in [0.1, 0.15) is 0 Å². The lowest BCUT2D eigenvalue weighted by Gasteiger charge is -2.39. The van der Waals surface area contributed by atoms with Gasteiger partial charge in [-0.15, -0.1) is 0 Å². The van der Waals surface area contributed by atoms with Gasteiger partial charge in [0.05, 0.1) is 0 Å². The molecule has 0 aromatic carbocycles. The fraction of sp³-hybridized carbons (Fsp3) is 1.00. The first-order valence-corrected chi connectivity index (χ1v) is 5.94. The molecule has 0 aromatic rings. The Labute approximate surface area is 87.0 Å². The highest BCUT2D eigenvalue weighted by Crippen LogP contribution is 2.38. The molecule has 0 amide bonds. The summed E-state index contributed by atoms with van der Waals surface area (Å²) < 4.78 is 0. The highest BCUT2D eigenvalue weighted by atomic mass is 15.2. The molecule has 2 rings (SSSR count). The van der Waals surface area contributed by atoms with Crippen LogP contribution in [0, 0.1) is 5.92 Å². The molecule has 82 valence electrons. The van der Waals surface area contributed by atoms with Gasteiger partial charge in [-0.3, -0.25) is 11.3 Å². The Morgan fingerprint density at radius 3 is 2.36 bits per heavy atom. The van der Waals surface area contributed by atoms with Crippen molar-refractivity contribution in [2.24, 2.45) is 11.8 Å². The first-order chi connectivity index (χ1) is 6.76. The summed E-state index contributed by atoms with van der Waals surface area (Å²) in [5.74, 6) is 6.40. The fourth-order valence-corrected chi connectivity index (χ4v) is 3.37. The third-order valence-electron chi connectivity index (χ3n) is 4.36. The molecule has 0 radical (unpaired) electrons. The predicted molar refractivity (Wildman–Crippen MR) is 58.7 cm³/mol. The van der Waals surface area contributed by atoms with E-state index in [4.69, 9.17) is 5.84 Å². The first kappa shape index (κ1) is 10.4. The van der Waals surface area contributed by atoms with Gasteiger partial charge >= 0.3 is 0 Å². The molecule has 2 aliphatic rings. The second kappa shape index (κ2) is 4.17. The third kappa shape index (κ3) is 1.69. The van der Waals surface area contributed by atoms with Gasteiger partial charge < -0.3 is 4.90 Å². The predicted octanol–water partition coefficient (Wildman–Crippen LogP) is 1.10. The Kier molecular flexibility index (Phi) is 3.10. The number of piperidine rings is 1. The summed E-state index contributed by atoms with van der Waals surface area (Å²) >= 11 is 0. The van der Waals surface area contributed by atoms with Crippen LogP contribution < -0.4 is 11.3 Å². The second-order valence-corrected chi connectivity index (χ2v) is 4.96. The fourth-order valence-electron chi connectivity index (χ4n) is 3.37. The van der Waals surface area contributed by atoms with Crippen molar-refractivity contribution < 1.29 is 0 Å². The Hall–Kier alpha value is -0.120. The van der Waals surface area contributed by atoms with Gasteiger partial charge in [0.15, 0.2) is 0 Å². The molecule has 0 spiro atoms. The van der Waals surface area contributed by atoms with Crippen molar-refractivity contribution in [3.63, 3.8) is 0 Å². The standard InChI is InChI=1S/C11H23N3/c1-3-11(13-12)8-6-9-4-5-10(7-8)14(9)2/h8-11,13H,3-7,12H2,1-2H3. The summed E-state index contributed by atoms with van der Waals surface area (Å²) in [6.07, 6.45) is 6.65. The molecule has 2 aliphatic heterocycles. The maximum atomic E-state index is 5.60. The van der Waals surface area contributed by atoms with Gasteiger partial charge in [-0.25, -0.2) is 0 Å². The average molecular weight is 197 g/mol. The van der Waals surface area contributed by atoms with E-state index >= 15 is 0 Å². The van der Waals surface area contributed by atoms with Crippen LogP contribution in [0.25, 0.3) is 0 Å². The van der Waals surface area contributed by atoms with Gasteiger partial charge in [-0.2, -0.15) is 0 Å². The van der Waals surface area contributed by atoms with E-state index in [0.29, 0.717) is 6.04 Å². The minimum absolute atomic E-state index is 0.534. The SMILES string of the molecule is CCC(NN)C1CC2CCC(C1)N2C. The van der Waals surface area contributed by atoms with Crippen molar-refractivity contribution in [1.29, 1.82) is 0 Å². The van der Waals surface area contributed by atoms with Crippen LogP contribution in [0.1, 0.15) is 39.0 Å². The van der Waals surface area contributed by atoms with Crippen LogP contribution in [0.4, 0.5) is 0 Å². The second-order valence-electron chi connectivity index (χ2n) is 4.96. The van der Waals surface area contributed by atoms with Crippen LogP contribution in [0.2, 0.25) is 0 Å². The highest BCUT2D eigenvalue weighted by molar-refractivity contribution is 4.95. The molecule has 2 fully saturated rings. The summed E-state index contributed by atoms with van der Waals surface area (Å²) in [5, 5.41) is 0. The molecule has 3 nitrogen and oxygen atoms in total. The molecular weight excluding hydrogens is 174 g/mol. The van der Waals surface area contributed by atoms with Crippen LogP contribution in [0.3, 0.4) is 0 Å². The zero-order valence-corrected chi connectivity index (χ0v) is 9.37. The minimum Gasteiger partial charge on any atom is -0.300 e. The summed E-state index contributed by atoms with van der Waals surface area (Å²) in [6, 6.07) is 2.20. The van der Waals surface area contributed by atoms with Crippen LogP contribution in [-0.4, -0.2) is 30.1 Å². The van der Waals surface area contributed by atoms with Gasteiger partial charge in [0, 0.05) is 18.1 Å². The van der Waals surface area contributed by atoms with Crippen LogP contribution in [0.15, 0.2) is 0 Å². The van der Waals surface area contributed by atoms with Crippen molar-refractivity contribution in [1.82, 2.24) is 10.3 Å². The number of rotatable bonds is 3. The number of hydrazine groups is 1. The lowest BCUT2D eigenvalue weighted by Crippen LogP contribution is -2.48. The van der Waals surface area contributed by atoms with Gasteiger partial charge in [0.2, 0.25) is 0 Å². The van der Waals surface area contributed by atoms with Crippen molar-refractivity contribution >= 4 is 0 Å². The van der Waals surface area contributed by atoms with Crippen molar-refractivity contribution in [2.45, 2.75) is 57.2 Å². The highest BCUT2D eigenvalue weighted by Gasteiger charge is 2.40. The van der Waals surface area contributed by atoms with E-state index in [9.17, 15) is 0 Å². The number of hydrogen-bond acceptors (Lipinski definition) is 3. The lowest BCUT2D eigenvalue weighted by atomic mass is 9.84. The summed E-state index contributed by atoms with van der Waals surface area (Å²) in [7, 11) is 2.29. The van der Waals surface area contributed by atoms with E-state index in [1.54, 1.807) is 0 Å². The van der Waals surface area contributed by atoms with E-state index in [2.05, 4.69) is 24.3 Å². The molecule has 2 bridgehead atoms. The Morgan fingerprint density at radius 1 is 1.36 bits per heavy atom. The zero-order chi connectivity index (χ0) is 10.1. The average Bonchev–Trinajstić information content (AvgIpc) is 2.42. The maximum Gasteiger partial charge on any atom is 0.0237 e. The molecule has 2 saturated heterocycles.